The SMILES string of the molecule is C[Si](C)(C)c1ccc(Cl)cc1O. The van der Waals surface area contributed by atoms with Crippen LogP contribution in [0.1, 0.15) is 0 Å². The van der Waals surface area contributed by atoms with E-state index in [4.69, 9.17) is 11.6 Å². The zero-order chi connectivity index (χ0) is 9.35. The number of rotatable bonds is 1. The Hall–Kier alpha value is -0.473. The Bertz CT molecular complexity index is 291. The number of phenols is 1. The maximum Gasteiger partial charge on any atom is 0.116 e. The molecule has 1 nitrogen and oxygen atoms in total. The third-order valence-corrected chi connectivity index (χ3v) is 4.04. The highest BCUT2D eigenvalue weighted by Gasteiger charge is 2.19. The molecule has 0 aromatic heterocycles. The van der Waals surface area contributed by atoms with Crippen molar-refractivity contribution in [1.82, 2.24) is 0 Å². The van der Waals surface area contributed by atoms with Crippen LogP contribution in [0.3, 0.4) is 0 Å². The van der Waals surface area contributed by atoms with Crippen molar-refractivity contribution < 1.29 is 5.11 Å². The summed E-state index contributed by atoms with van der Waals surface area (Å²) in [7, 11) is -1.41. The van der Waals surface area contributed by atoms with Crippen molar-refractivity contribution in [2.45, 2.75) is 19.6 Å². The predicted molar refractivity (Wildman–Crippen MR) is 56.1 cm³/mol. The van der Waals surface area contributed by atoms with Crippen molar-refractivity contribution >= 4 is 24.9 Å². The minimum Gasteiger partial charge on any atom is -0.508 e. The molecule has 0 radical (unpaired) electrons. The third-order valence-electron chi connectivity index (χ3n) is 1.77. The molecular formula is C9H13ClOSi. The Morgan fingerprint density at radius 3 is 2.25 bits per heavy atom. The summed E-state index contributed by atoms with van der Waals surface area (Å²) < 4.78 is 0. The molecule has 3 heteroatoms. The van der Waals surface area contributed by atoms with Gasteiger partial charge in [0.2, 0.25) is 0 Å². The second kappa shape index (κ2) is 3.11. The Morgan fingerprint density at radius 2 is 1.83 bits per heavy atom. The first-order chi connectivity index (χ1) is 5.41. The smallest absolute Gasteiger partial charge is 0.116 e. The fourth-order valence-electron chi connectivity index (χ4n) is 1.14. The fraction of sp³-hybridized carbons (Fsp3) is 0.333. The summed E-state index contributed by atoms with van der Waals surface area (Å²) in [6.07, 6.45) is 0. The number of hydrogen-bond donors (Lipinski definition) is 1. The molecule has 0 fully saturated rings. The lowest BCUT2D eigenvalue weighted by molar-refractivity contribution is 0.479. The van der Waals surface area contributed by atoms with Gasteiger partial charge in [-0.3, -0.25) is 0 Å². The third kappa shape index (κ3) is 2.02. The monoisotopic (exact) mass is 200 g/mol. The summed E-state index contributed by atoms with van der Waals surface area (Å²) in [6.45, 7) is 6.57. The van der Waals surface area contributed by atoms with Gasteiger partial charge in [0.1, 0.15) is 5.75 Å². The number of benzene rings is 1. The molecule has 12 heavy (non-hydrogen) atoms. The maximum absolute atomic E-state index is 9.58. The molecule has 0 bridgehead atoms. The van der Waals surface area contributed by atoms with Gasteiger partial charge in [0.05, 0.1) is 8.07 Å². The highest BCUT2D eigenvalue weighted by atomic mass is 35.5. The quantitative estimate of drug-likeness (QED) is 0.692. The van der Waals surface area contributed by atoms with Gasteiger partial charge in [-0.2, -0.15) is 0 Å². The number of phenolic OH excluding ortho intramolecular Hbond substituents is 1. The van der Waals surface area contributed by atoms with E-state index in [9.17, 15) is 5.11 Å². The molecule has 0 aliphatic heterocycles. The predicted octanol–water partition coefficient (Wildman–Crippen LogP) is 2.59. The van der Waals surface area contributed by atoms with Crippen LogP contribution in [0.2, 0.25) is 24.7 Å². The molecule has 0 saturated carbocycles. The second-order valence-corrected chi connectivity index (χ2v) is 9.39. The highest BCUT2D eigenvalue weighted by Crippen LogP contribution is 2.17. The van der Waals surface area contributed by atoms with Crippen LogP contribution in [0.25, 0.3) is 0 Å². The van der Waals surface area contributed by atoms with E-state index in [2.05, 4.69) is 19.6 Å². The molecule has 0 aliphatic rings. The molecule has 1 N–H and O–H groups in total. The molecule has 0 aliphatic carbocycles. The topological polar surface area (TPSA) is 20.2 Å². The molecule has 0 spiro atoms. The average Bonchev–Trinajstić information content (AvgIpc) is 1.83. The van der Waals surface area contributed by atoms with E-state index in [1.807, 2.05) is 12.1 Å². The zero-order valence-electron chi connectivity index (χ0n) is 7.56. The fourth-order valence-corrected chi connectivity index (χ4v) is 2.73. The molecule has 1 aromatic carbocycles. The Kier molecular flexibility index (Phi) is 2.49. The van der Waals surface area contributed by atoms with E-state index in [0.29, 0.717) is 10.8 Å². The summed E-state index contributed by atoms with van der Waals surface area (Å²) in [5.41, 5.74) is 0. The molecule has 0 saturated heterocycles. The molecule has 0 unspecified atom stereocenters. The summed E-state index contributed by atoms with van der Waals surface area (Å²) in [6, 6.07) is 5.36. The summed E-state index contributed by atoms with van der Waals surface area (Å²) in [5, 5.41) is 11.2. The Morgan fingerprint density at radius 1 is 1.25 bits per heavy atom. The van der Waals surface area contributed by atoms with Crippen LogP contribution in [0, 0.1) is 0 Å². The highest BCUT2D eigenvalue weighted by molar-refractivity contribution is 6.89. The molecule has 0 heterocycles. The molecule has 66 valence electrons. The van der Waals surface area contributed by atoms with Crippen molar-refractivity contribution in [3.05, 3.63) is 23.2 Å². The average molecular weight is 201 g/mol. The van der Waals surface area contributed by atoms with Crippen LogP contribution in [-0.2, 0) is 0 Å². The first-order valence-corrected chi connectivity index (χ1v) is 7.78. The first-order valence-electron chi connectivity index (χ1n) is 3.90. The van der Waals surface area contributed by atoms with Gasteiger partial charge >= 0.3 is 0 Å². The minimum atomic E-state index is -1.41. The maximum atomic E-state index is 9.58. The van der Waals surface area contributed by atoms with Gasteiger partial charge in [0, 0.05) is 5.02 Å². The van der Waals surface area contributed by atoms with E-state index in [1.165, 1.54) is 0 Å². The lowest BCUT2D eigenvalue weighted by Gasteiger charge is -2.17. The largest absolute Gasteiger partial charge is 0.508 e. The summed E-state index contributed by atoms with van der Waals surface area (Å²) in [5.74, 6) is 0.335. The van der Waals surface area contributed by atoms with Gasteiger partial charge in [-0.25, -0.2) is 0 Å². The van der Waals surface area contributed by atoms with E-state index in [0.717, 1.165) is 5.19 Å². The molecule has 1 rings (SSSR count). The zero-order valence-corrected chi connectivity index (χ0v) is 9.31. The van der Waals surface area contributed by atoms with Crippen molar-refractivity contribution in [3.8, 4) is 5.75 Å². The first kappa shape index (κ1) is 9.61. The van der Waals surface area contributed by atoms with Gasteiger partial charge in [0.15, 0.2) is 0 Å². The van der Waals surface area contributed by atoms with E-state index in [-0.39, 0.29) is 0 Å². The van der Waals surface area contributed by atoms with E-state index >= 15 is 0 Å². The van der Waals surface area contributed by atoms with Crippen molar-refractivity contribution in [2.75, 3.05) is 0 Å². The van der Waals surface area contributed by atoms with Gasteiger partial charge < -0.3 is 5.11 Å². The second-order valence-electron chi connectivity index (χ2n) is 3.91. The van der Waals surface area contributed by atoms with E-state index in [1.54, 1.807) is 6.07 Å². The number of halogens is 1. The summed E-state index contributed by atoms with van der Waals surface area (Å²) in [4.78, 5) is 0. The van der Waals surface area contributed by atoms with Crippen LogP contribution in [0.4, 0.5) is 0 Å². The van der Waals surface area contributed by atoms with Crippen LogP contribution >= 0.6 is 11.6 Å². The lowest BCUT2D eigenvalue weighted by Crippen LogP contribution is -2.37. The van der Waals surface area contributed by atoms with Crippen LogP contribution in [0.5, 0.6) is 5.75 Å². The normalized spacial score (nSPS) is 11.7. The molecule has 0 amide bonds. The minimum absolute atomic E-state index is 0.335. The van der Waals surface area contributed by atoms with Crippen LogP contribution in [0.15, 0.2) is 18.2 Å². The number of hydrogen-bond acceptors (Lipinski definition) is 1. The Balaban J connectivity index is 3.19. The van der Waals surface area contributed by atoms with Gasteiger partial charge in [-0.1, -0.05) is 37.3 Å². The standard InChI is InChI=1S/C9H13ClOSi/c1-12(2,3)9-5-4-7(10)6-8(9)11/h4-6,11H,1-3H3. The molecule has 0 atom stereocenters. The molecule has 1 aromatic rings. The van der Waals surface area contributed by atoms with Crippen LogP contribution in [-0.4, -0.2) is 13.2 Å². The van der Waals surface area contributed by atoms with Gasteiger partial charge in [-0.15, -0.1) is 0 Å². The van der Waals surface area contributed by atoms with Crippen molar-refractivity contribution in [2.24, 2.45) is 0 Å². The van der Waals surface area contributed by atoms with Gasteiger partial charge in [0.25, 0.3) is 0 Å². The number of aromatic hydroxyl groups is 1. The van der Waals surface area contributed by atoms with Gasteiger partial charge in [-0.05, 0) is 17.3 Å². The summed E-state index contributed by atoms with van der Waals surface area (Å²) >= 11 is 5.72. The Labute approximate surface area is 79.0 Å². The lowest BCUT2D eigenvalue weighted by atomic mass is 10.3. The van der Waals surface area contributed by atoms with E-state index < -0.39 is 8.07 Å². The van der Waals surface area contributed by atoms with Crippen molar-refractivity contribution in [3.63, 3.8) is 0 Å². The van der Waals surface area contributed by atoms with Crippen LogP contribution < -0.4 is 5.19 Å². The molecular weight excluding hydrogens is 188 g/mol. The van der Waals surface area contributed by atoms with Crippen molar-refractivity contribution in [1.29, 1.82) is 0 Å².